The SMILES string of the molecule is Cc1cc(C(C)(C)C)cc(C)c1-n1c2c(C)cc(C(C)(C)C)cc2c2cc(C(C)(C)C)cc(C)c21. The lowest BCUT2D eigenvalue weighted by molar-refractivity contribution is 0.589. The Morgan fingerprint density at radius 1 is 0.429 bits per heavy atom. The highest BCUT2D eigenvalue weighted by Crippen LogP contribution is 2.42. The molecule has 4 aromatic rings. The Labute approximate surface area is 213 Å². The smallest absolute Gasteiger partial charge is 0.0570 e. The highest BCUT2D eigenvalue weighted by molar-refractivity contribution is 6.12. The van der Waals surface area contributed by atoms with Crippen LogP contribution in [0.1, 0.15) is 101 Å². The van der Waals surface area contributed by atoms with Gasteiger partial charge in [0.2, 0.25) is 0 Å². The molecule has 0 atom stereocenters. The molecule has 0 bridgehead atoms. The van der Waals surface area contributed by atoms with E-state index in [-0.39, 0.29) is 16.2 Å². The third-order valence-corrected chi connectivity index (χ3v) is 7.65. The molecule has 1 heteroatoms. The summed E-state index contributed by atoms with van der Waals surface area (Å²) < 4.78 is 2.57. The van der Waals surface area contributed by atoms with Crippen LogP contribution in [0.15, 0.2) is 36.4 Å². The highest BCUT2D eigenvalue weighted by atomic mass is 15.0. The first kappa shape index (κ1) is 25.5. The van der Waals surface area contributed by atoms with E-state index in [4.69, 9.17) is 0 Å². The normalized spacial score (nSPS) is 13.3. The molecule has 0 aliphatic carbocycles. The van der Waals surface area contributed by atoms with Crippen LogP contribution in [0.2, 0.25) is 0 Å². The minimum atomic E-state index is 0.101. The summed E-state index contributed by atoms with van der Waals surface area (Å²) in [5.41, 5.74) is 13.9. The molecule has 0 amide bonds. The second kappa shape index (κ2) is 7.99. The number of hydrogen-bond donors (Lipinski definition) is 0. The Balaban J connectivity index is 2.24. The summed E-state index contributed by atoms with van der Waals surface area (Å²) in [5, 5.41) is 2.75. The van der Waals surface area contributed by atoms with Crippen molar-refractivity contribution in [2.45, 2.75) is 106 Å². The Hall–Kier alpha value is -2.54. The number of nitrogens with zero attached hydrogens (tertiary/aromatic N) is 1. The fourth-order valence-electron chi connectivity index (χ4n) is 5.51. The zero-order valence-electron chi connectivity index (χ0n) is 24.4. The second-order valence-electron chi connectivity index (χ2n) is 13.9. The summed E-state index contributed by atoms with van der Waals surface area (Å²) >= 11 is 0. The first-order valence-electron chi connectivity index (χ1n) is 13.1. The molecule has 0 spiro atoms. The van der Waals surface area contributed by atoms with E-state index in [1.165, 1.54) is 66.4 Å². The highest BCUT2D eigenvalue weighted by Gasteiger charge is 2.25. The molecule has 35 heavy (non-hydrogen) atoms. The van der Waals surface area contributed by atoms with Crippen LogP contribution in [0, 0.1) is 27.7 Å². The monoisotopic (exact) mass is 467 g/mol. The largest absolute Gasteiger partial charge is 0.308 e. The molecule has 1 aromatic heterocycles. The van der Waals surface area contributed by atoms with E-state index in [9.17, 15) is 0 Å². The predicted molar refractivity (Wildman–Crippen MR) is 156 cm³/mol. The number of rotatable bonds is 1. The van der Waals surface area contributed by atoms with E-state index in [2.05, 4.69) is 131 Å². The minimum Gasteiger partial charge on any atom is -0.308 e. The minimum absolute atomic E-state index is 0.101. The first-order chi connectivity index (χ1) is 15.9. The molecule has 4 rings (SSSR count). The van der Waals surface area contributed by atoms with Gasteiger partial charge in [0.25, 0.3) is 0 Å². The van der Waals surface area contributed by atoms with E-state index < -0.39 is 0 Å². The number of fused-ring (bicyclic) bond motifs is 3. The fraction of sp³-hybridized carbons (Fsp3) is 0.471. The van der Waals surface area contributed by atoms with Gasteiger partial charge in [0.15, 0.2) is 0 Å². The zero-order valence-corrected chi connectivity index (χ0v) is 24.4. The van der Waals surface area contributed by atoms with E-state index in [1.807, 2.05) is 0 Å². The molecule has 3 aromatic carbocycles. The van der Waals surface area contributed by atoms with Crippen LogP contribution in [0.3, 0.4) is 0 Å². The van der Waals surface area contributed by atoms with Gasteiger partial charge in [-0.25, -0.2) is 0 Å². The summed E-state index contributed by atoms with van der Waals surface area (Å²) in [5.74, 6) is 0. The van der Waals surface area contributed by atoms with Crippen molar-refractivity contribution in [1.29, 1.82) is 0 Å². The second-order valence-corrected chi connectivity index (χ2v) is 13.9. The maximum absolute atomic E-state index is 2.57. The van der Waals surface area contributed by atoms with Crippen molar-refractivity contribution in [1.82, 2.24) is 4.57 Å². The molecule has 0 saturated carbocycles. The third kappa shape index (κ3) is 4.32. The number of aromatic nitrogens is 1. The van der Waals surface area contributed by atoms with Crippen molar-refractivity contribution < 1.29 is 0 Å². The lowest BCUT2D eigenvalue weighted by Crippen LogP contribution is -2.14. The van der Waals surface area contributed by atoms with Crippen molar-refractivity contribution in [2.24, 2.45) is 0 Å². The Morgan fingerprint density at radius 3 is 1.03 bits per heavy atom. The molecule has 0 N–H and O–H groups in total. The van der Waals surface area contributed by atoms with Crippen LogP contribution >= 0.6 is 0 Å². The van der Waals surface area contributed by atoms with Crippen molar-refractivity contribution in [3.05, 3.63) is 75.3 Å². The predicted octanol–water partition coefficient (Wildman–Crippen LogP) is 9.91. The average Bonchev–Trinajstić information content (AvgIpc) is 3.01. The molecular weight excluding hydrogens is 422 g/mol. The summed E-state index contributed by atoms with van der Waals surface area (Å²) in [6.45, 7) is 30.0. The van der Waals surface area contributed by atoms with Crippen molar-refractivity contribution in [3.63, 3.8) is 0 Å². The fourth-order valence-corrected chi connectivity index (χ4v) is 5.51. The lowest BCUT2D eigenvalue weighted by atomic mass is 9.83. The van der Waals surface area contributed by atoms with Gasteiger partial charge in [-0.1, -0.05) is 86.6 Å². The molecule has 0 unspecified atom stereocenters. The van der Waals surface area contributed by atoms with Gasteiger partial charge in [0.1, 0.15) is 0 Å². The number of hydrogen-bond acceptors (Lipinski definition) is 0. The quantitative estimate of drug-likeness (QED) is 0.262. The molecular formula is C34H45N. The Bertz CT molecular complexity index is 1350. The van der Waals surface area contributed by atoms with Gasteiger partial charge in [-0.3, -0.25) is 0 Å². The van der Waals surface area contributed by atoms with Gasteiger partial charge < -0.3 is 4.57 Å². The molecule has 0 fully saturated rings. The third-order valence-electron chi connectivity index (χ3n) is 7.65. The van der Waals surface area contributed by atoms with Gasteiger partial charge in [0.05, 0.1) is 16.7 Å². The van der Waals surface area contributed by atoms with Crippen molar-refractivity contribution >= 4 is 21.8 Å². The van der Waals surface area contributed by atoms with Crippen LogP contribution in [-0.2, 0) is 16.2 Å². The van der Waals surface area contributed by atoms with E-state index >= 15 is 0 Å². The van der Waals surface area contributed by atoms with Gasteiger partial charge >= 0.3 is 0 Å². The van der Waals surface area contributed by atoms with Crippen LogP contribution in [0.4, 0.5) is 0 Å². The Morgan fingerprint density at radius 2 is 0.714 bits per heavy atom. The van der Waals surface area contributed by atoms with E-state index in [0.29, 0.717) is 0 Å². The number of benzene rings is 3. The molecule has 0 radical (unpaired) electrons. The van der Waals surface area contributed by atoms with Gasteiger partial charge in [-0.2, -0.15) is 0 Å². The van der Waals surface area contributed by atoms with E-state index in [0.717, 1.165) is 0 Å². The van der Waals surface area contributed by atoms with Crippen LogP contribution in [-0.4, -0.2) is 4.57 Å². The van der Waals surface area contributed by atoms with Crippen molar-refractivity contribution in [2.75, 3.05) is 0 Å². The lowest BCUT2D eigenvalue weighted by Gasteiger charge is -2.24. The number of aryl methyl sites for hydroxylation is 4. The Kier molecular flexibility index (Phi) is 5.83. The molecule has 1 nitrogen and oxygen atoms in total. The van der Waals surface area contributed by atoms with E-state index in [1.54, 1.807) is 0 Å². The van der Waals surface area contributed by atoms with Crippen LogP contribution < -0.4 is 0 Å². The maximum Gasteiger partial charge on any atom is 0.0570 e. The standard InChI is InChI=1S/C34H45N/c1-20-14-24(32(5,6)7)15-21(2)29(20)35-30-22(3)16-25(33(8,9)10)18-27(30)28-19-26(34(11,12)13)17-23(4)31(28)35/h14-19H,1-13H3. The maximum atomic E-state index is 2.57. The molecule has 0 aliphatic rings. The average molecular weight is 468 g/mol. The molecule has 1 heterocycles. The summed E-state index contributed by atoms with van der Waals surface area (Å²) in [6, 6.07) is 14.5. The van der Waals surface area contributed by atoms with Gasteiger partial charge in [-0.05, 0) is 95.0 Å². The summed E-state index contributed by atoms with van der Waals surface area (Å²) in [7, 11) is 0. The summed E-state index contributed by atoms with van der Waals surface area (Å²) in [6.07, 6.45) is 0. The van der Waals surface area contributed by atoms with Crippen molar-refractivity contribution in [3.8, 4) is 5.69 Å². The topological polar surface area (TPSA) is 4.93 Å². The van der Waals surface area contributed by atoms with Gasteiger partial charge in [-0.15, -0.1) is 0 Å². The van der Waals surface area contributed by atoms with Crippen LogP contribution in [0.25, 0.3) is 27.5 Å². The molecule has 0 saturated heterocycles. The van der Waals surface area contributed by atoms with Gasteiger partial charge in [0, 0.05) is 10.8 Å². The molecule has 186 valence electrons. The van der Waals surface area contributed by atoms with Crippen LogP contribution in [0.5, 0.6) is 0 Å². The zero-order chi connectivity index (χ0) is 26.2. The summed E-state index contributed by atoms with van der Waals surface area (Å²) in [4.78, 5) is 0. The molecule has 0 aliphatic heterocycles. The first-order valence-corrected chi connectivity index (χ1v) is 13.1.